The van der Waals surface area contributed by atoms with Crippen LogP contribution in [0.25, 0.3) is 0 Å². The second-order valence-electron chi connectivity index (χ2n) is 5.45. The van der Waals surface area contributed by atoms with Crippen molar-refractivity contribution in [2.45, 2.75) is 37.8 Å². The van der Waals surface area contributed by atoms with Crippen LogP contribution < -0.4 is 0 Å². The lowest BCUT2D eigenvalue weighted by molar-refractivity contribution is -0.0696. The van der Waals surface area contributed by atoms with E-state index >= 15 is 0 Å². The molecular weight excluding hydrogens is 299 g/mol. The van der Waals surface area contributed by atoms with Gasteiger partial charge in [-0.25, -0.2) is 8.78 Å². The second kappa shape index (κ2) is 6.51. The third-order valence-electron chi connectivity index (χ3n) is 3.97. The zero-order valence-electron chi connectivity index (χ0n) is 11.8. The summed E-state index contributed by atoms with van der Waals surface area (Å²) in [6.45, 7) is 3.74. The van der Waals surface area contributed by atoms with Crippen LogP contribution in [0.15, 0.2) is 24.8 Å². The molecular formula is C17H15F5. The van der Waals surface area contributed by atoms with Crippen molar-refractivity contribution in [3.63, 3.8) is 0 Å². The summed E-state index contributed by atoms with van der Waals surface area (Å²) in [4.78, 5) is 0. The quantitative estimate of drug-likeness (QED) is 0.393. The van der Waals surface area contributed by atoms with Crippen molar-refractivity contribution in [1.29, 1.82) is 0 Å². The van der Waals surface area contributed by atoms with Crippen molar-refractivity contribution in [3.8, 4) is 11.8 Å². The number of benzene rings is 1. The Hall–Kier alpha value is -1.83. The summed E-state index contributed by atoms with van der Waals surface area (Å²) in [6, 6.07) is 2.20. The molecule has 1 aliphatic carbocycles. The maximum Gasteiger partial charge on any atom is 0.458 e. The molecule has 0 saturated heterocycles. The van der Waals surface area contributed by atoms with Crippen LogP contribution >= 0.6 is 0 Å². The van der Waals surface area contributed by atoms with Crippen molar-refractivity contribution in [2.75, 3.05) is 0 Å². The van der Waals surface area contributed by atoms with Gasteiger partial charge in [0.05, 0.1) is 5.56 Å². The van der Waals surface area contributed by atoms with Crippen LogP contribution in [0.5, 0.6) is 0 Å². The number of halogens is 5. The van der Waals surface area contributed by atoms with Crippen molar-refractivity contribution >= 4 is 0 Å². The molecule has 0 aromatic heterocycles. The van der Waals surface area contributed by atoms with E-state index in [9.17, 15) is 22.0 Å². The Morgan fingerprint density at radius 1 is 1.05 bits per heavy atom. The van der Waals surface area contributed by atoms with Crippen LogP contribution in [0, 0.1) is 29.4 Å². The van der Waals surface area contributed by atoms with Crippen LogP contribution in [0.4, 0.5) is 22.0 Å². The topological polar surface area (TPSA) is 0 Å². The second-order valence-corrected chi connectivity index (χ2v) is 5.45. The van der Waals surface area contributed by atoms with E-state index in [0.29, 0.717) is 11.5 Å². The zero-order chi connectivity index (χ0) is 16.3. The lowest BCUT2D eigenvalue weighted by Gasteiger charge is -2.27. The number of rotatable bonds is 2. The van der Waals surface area contributed by atoms with Gasteiger partial charge in [0.15, 0.2) is 0 Å². The number of alkyl halides is 3. The van der Waals surface area contributed by atoms with Gasteiger partial charge in [0, 0.05) is 5.92 Å². The monoisotopic (exact) mass is 314 g/mol. The highest BCUT2D eigenvalue weighted by Crippen LogP contribution is 2.37. The van der Waals surface area contributed by atoms with Gasteiger partial charge in [-0.3, -0.25) is 0 Å². The van der Waals surface area contributed by atoms with Crippen molar-refractivity contribution in [1.82, 2.24) is 0 Å². The molecule has 1 fully saturated rings. The van der Waals surface area contributed by atoms with Gasteiger partial charge in [-0.1, -0.05) is 12.0 Å². The summed E-state index contributed by atoms with van der Waals surface area (Å²) in [5.41, 5.74) is -0.351. The zero-order valence-corrected chi connectivity index (χ0v) is 11.8. The third kappa shape index (κ3) is 4.09. The van der Waals surface area contributed by atoms with Gasteiger partial charge >= 0.3 is 6.18 Å². The average Bonchev–Trinajstić information content (AvgIpc) is 2.45. The van der Waals surface area contributed by atoms with E-state index in [1.165, 1.54) is 5.92 Å². The molecule has 2 rings (SSSR count). The summed E-state index contributed by atoms with van der Waals surface area (Å²) in [5, 5.41) is 0. The molecule has 0 nitrogen and oxygen atoms in total. The number of hydrogen-bond donors (Lipinski definition) is 0. The molecule has 1 aliphatic rings. The van der Waals surface area contributed by atoms with E-state index in [2.05, 4.69) is 6.58 Å². The van der Waals surface area contributed by atoms with Crippen LogP contribution in [0.2, 0.25) is 0 Å². The Morgan fingerprint density at radius 2 is 1.59 bits per heavy atom. The van der Waals surface area contributed by atoms with Gasteiger partial charge in [0.1, 0.15) is 11.6 Å². The number of allylic oxidation sites excluding steroid dienone is 1. The van der Waals surface area contributed by atoms with E-state index < -0.39 is 23.4 Å². The van der Waals surface area contributed by atoms with Gasteiger partial charge in [-0.05, 0) is 55.2 Å². The summed E-state index contributed by atoms with van der Waals surface area (Å²) in [6.07, 6.45) is 0.459. The predicted molar refractivity (Wildman–Crippen MR) is 74.2 cm³/mol. The fourth-order valence-electron chi connectivity index (χ4n) is 2.77. The minimum Gasteiger partial charge on any atom is -0.206 e. The summed E-state index contributed by atoms with van der Waals surface area (Å²) in [5.74, 6) is 0.770. The largest absolute Gasteiger partial charge is 0.458 e. The molecule has 0 radical (unpaired) electrons. The Kier molecular flexibility index (Phi) is 4.90. The molecule has 118 valence electrons. The Bertz CT molecular complexity index is 587. The first-order valence-corrected chi connectivity index (χ1v) is 7.01. The van der Waals surface area contributed by atoms with E-state index in [1.807, 2.05) is 6.08 Å². The van der Waals surface area contributed by atoms with Crippen molar-refractivity contribution in [2.24, 2.45) is 5.92 Å². The molecule has 0 unspecified atom stereocenters. The maximum absolute atomic E-state index is 13.9. The normalized spacial score (nSPS) is 21.9. The van der Waals surface area contributed by atoms with Crippen LogP contribution in [0.1, 0.15) is 42.7 Å². The van der Waals surface area contributed by atoms with Gasteiger partial charge in [0.25, 0.3) is 0 Å². The van der Waals surface area contributed by atoms with Gasteiger partial charge < -0.3 is 0 Å². The molecule has 0 amide bonds. The molecule has 0 N–H and O–H groups in total. The summed E-state index contributed by atoms with van der Waals surface area (Å²) in [7, 11) is 0. The SMILES string of the molecule is C=CC1CCC(c2cc(F)c(C#CC(F)(F)F)c(F)c2)CC1. The minimum absolute atomic E-state index is 0.0184. The average molecular weight is 314 g/mol. The third-order valence-corrected chi connectivity index (χ3v) is 3.97. The Morgan fingerprint density at radius 3 is 2.05 bits per heavy atom. The predicted octanol–water partition coefficient (Wildman–Crippen LogP) is 5.34. The molecule has 0 aliphatic heterocycles. The molecule has 22 heavy (non-hydrogen) atoms. The van der Waals surface area contributed by atoms with E-state index in [-0.39, 0.29) is 5.92 Å². The van der Waals surface area contributed by atoms with Gasteiger partial charge in [-0.2, -0.15) is 13.2 Å². The highest BCUT2D eigenvalue weighted by molar-refractivity contribution is 5.40. The van der Waals surface area contributed by atoms with E-state index in [1.54, 1.807) is 0 Å². The molecule has 1 saturated carbocycles. The van der Waals surface area contributed by atoms with Gasteiger partial charge in [-0.15, -0.1) is 6.58 Å². The molecule has 1 aromatic rings. The molecule has 0 heterocycles. The highest BCUT2D eigenvalue weighted by Gasteiger charge is 2.25. The first-order chi connectivity index (χ1) is 10.3. The van der Waals surface area contributed by atoms with Crippen molar-refractivity contribution in [3.05, 3.63) is 47.5 Å². The van der Waals surface area contributed by atoms with Crippen LogP contribution in [-0.2, 0) is 0 Å². The molecule has 1 aromatic carbocycles. The first kappa shape index (κ1) is 16.5. The minimum atomic E-state index is -4.78. The van der Waals surface area contributed by atoms with Crippen molar-refractivity contribution < 1.29 is 22.0 Å². The summed E-state index contributed by atoms with van der Waals surface area (Å²) >= 11 is 0. The standard InChI is InChI=1S/C17H15F5/c1-2-11-3-5-12(6-4-11)13-9-15(18)14(16(19)10-13)7-8-17(20,21)22/h2,9-12H,1,3-6H2. The fourth-order valence-corrected chi connectivity index (χ4v) is 2.77. The first-order valence-electron chi connectivity index (χ1n) is 7.01. The van der Waals surface area contributed by atoms with E-state index in [0.717, 1.165) is 43.7 Å². The lowest BCUT2D eigenvalue weighted by Crippen LogP contribution is -2.12. The fraction of sp³-hybridized carbons (Fsp3) is 0.412. The van der Waals surface area contributed by atoms with Crippen LogP contribution in [-0.4, -0.2) is 6.18 Å². The Balaban J connectivity index is 2.23. The highest BCUT2D eigenvalue weighted by atomic mass is 19.4. The van der Waals surface area contributed by atoms with Crippen LogP contribution in [0.3, 0.4) is 0 Å². The summed E-state index contributed by atoms with van der Waals surface area (Å²) < 4.78 is 63.8. The smallest absolute Gasteiger partial charge is 0.206 e. The lowest BCUT2D eigenvalue weighted by atomic mass is 9.78. The van der Waals surface area contributed by atoms with Gasteiger partial charge in [0.2, 0.25) is 0 Å². The molecule has 0 spiro atoms. The molecule has 0 bridgehead atoms. The molecule has 5 heteroatoms. The maximum atomic E-state index is 13.9. The van der Waals surface area contributed by atoms with E-state index in [4.69, 9.17) is 0 Å². The number of hydrogen-bond acceptors (Lipinski definition) is 0. The Labute approximate surface area is 126 Å². The molecule has 0 atom stereocenters.